The molecule has 590 valence electrons. The molecule has 0 saturated heterocycles. The molecule has 0 aliphatic heterocycles. The van der Waals surface area contributed by atoms with Crippen molar-refractivity contribution in [2.45, 2.75) is 78.2 Å². The van der Waals surface area contributed by atoms with Crippen molar-refractivity contribution < 1.29 is 177 Å². The van der Waals surface area contributed by atoms with E-state index in [0.717, 1.165) is 48.5 Å². The number of hydrogen-bond donors (Lipinski definition) is 17. The number of phenolic OH excluding ortho intramolecular Hbond substituents is 11. The molecular weight excluding hydrogens is 1420 g/mol. The number of phenols is 11. The van der Waals surface area contributed by atoms with E-state index in [1.165, 1.54) is 27.0 Å². The number of ether oxygens (including phenoxy) is 14. The van der Waals surface area contributed by atoms with Crippen molar-refractivity contribution in [1.82, 2.24) is 0 Å². The molecule has 5 aromatic rings. The van der Waals surface area contributed by atoms with Crippen molar-refractivity contribution in [3.05, 3.63) is 111 Å². The summed E-state index contributed by atoms with van der Waals surface area (Å²) in [6.45, 7) is 4.98. The summed E-state index contributed by atoms with van der Waals surface area (Å²) in [5, 5.41) is 168. The van der Waals surface area contributed by atoms with E-state index in [0.29, 0.717) is 11.1 Å². The molecule has 8 unspecified atom stereocenters. The van der Waals surface area contributed by atoms with Crippen LogP contribution in [0.5, 0.6) is 63.2 Å². The number of aromatic hydroxyl groups is 11. The Kier molecular flexibility index (Phi) is 36.9. The van der Waals surface area contributed by atoms with Crippen LogP contribution in [0.1, 0.15) is 87.9 Å². The van der Waals surface area contributed by atoms with Crippen molar-refractivity contribution in [2.75, 3.05) is 140 Å². The van der Waals surface area contributed by atoms with Crippen LogP contribution >= 0.6 is 0 Å². The highest BCUT2D eigenvalue weighted by Gasteiger charge is 2.30. The van der Waals surface area contributed by atoms with Crippen molar-refractivity contribution >= 4 is 29.8 Å². The molecule has 0 heterocycles. The van der Waals surface area contributed by atoms with Gasteiger partial charge in [-0.25, -0.2) is 24.0 Å². The number of aryl methyl sites for hydroxylation is 1. The van der Waals surface area contributed by atoms with E-state index in [4.69, 9.17) is 66.3 Å². The normalized spacial score (nSPS) is 14.2. The third-order valence-corrected chi connectivity index (χ3v) is 15.0. The monoisotopic (exact) mass is 1510 g/mol. The van der Waals surface area contributed by atoms with E-state index in [-0.39, 0.29) is 167 Å². The van der Waals surface area contributed by atoms with Crippen LogP contribution in [-0.2, 0) is 66.3 Å². The molecule has 0 radical (unpaired) electrons. The SMILES string of the molecule is COCC(O)COCC(C)(COCOCC(O)COC(=O)c1cc(O)c(O)c(O)c1)COCC(O)COC(=O)c1cc(O)c(C)c(O)c1.Cc1cc(C(=O)OCC(O)COCC(C)(COCOCC(O)COC(=O)c2cc(O)c(O)c(O)c2)COCC(O)COC(=O)c2cc(O)c(C)c(O)c2)cc(O)c1C. The van der Waals surface area contributed by atoms with E-state index in [1.54, 1.807) is 33.8 Å². The first-order chi connectivity index (χ1) is 49.9. The van der Waals surface area contributed by atoms with Gasteiger partial charge in [0.1, 0.15) is 112 Å². The average molecular weight is 1510 g/mol. The van der Waals surface area contributed by atoms with Gasteiger partial charge in [-0.05, 0) is 99.5 Å². The van der Waals surface area contributed by atoms with E-state index < -0.39 is 145 Å². The summed E-state index contributed by atoms with van der Waals surface area (Å²) in [5.74, 6) is -10.3. The Bertz CT molecular complexity index is 3440. The third kappa shape index (κ3) is 30.6. The van der Waals surface area contributed by atoms with Gasteiger partial charge >= 0.3 is 29.8 Å². The fourth-order valence-electron chi connectivity index (χ4n) is 8.84. The topological polar surface area (TPSA) is 558 Å². The Morgan fingerprint density at radius 3 is 0.745 bits per heavy atom. The standard InChI is InChI=1S/C39H50O19.C31H44O17/c1-21-5-24(6-30(43)22(21)2)36(49)56-14-27(40)11-52-17-39(4,18-53-12-28(41)15-57-37(50)25-7-31(44)23(3)32(45)8-25)19-55-20-54-13-29(42)16-58-38(51)26-9-33(46)35(48)34(47)10-26;1-18-24(35)4-19(5-25(18)36)29(40)47-12-22(33)10-44-15-31(2,14-43-9-21(32)8-42-3)16-46-17-45-11-23(34)13-48-30(41)20-6-26(37)28(39)27(38)7-20/h5-10,27-29,40-48H,11-20H2,1-4H3;4-7,21-23,32-39H,8-17H2,1-3H3. The molecule has 0 saturated carbocycles. The maximum atomic E-state index is 12.5. The van der Waals surface area contributed by atoms with Gasteiger partial charge < -0.3 is 153 Å². The number of hydrogen-bond acceptors (Lipinski definition) is 36. The molecule has 0 aliphatic carbocycles. The van der Waals surface area contributed by atoms with Gasteiger partial charge in [0, 0.05) is 29.1 Å². The Morgan fingerprint density at radius 2 is 0.500 bits per heavy atom. The van der Waals surface area contributed by atoms with Gasteiger partial charge in [0.05, 0.1) is 114 Å². The second-order valence-corrected chi connectivity index (χ2v) is 25.2. The number of aliphatic hydroxyl groups excluding tert-OH is 6. The van der Waals surface area contributed by atoms with Gasteiger partial charge in [0.15, 0.2) is 34.5 Å². The number of rotatable bonds is 45. The third-order valence-electron chi connectivity index (χ3n) is 15.0. The minimum atomic E-state index is -1.31. The summed E-state index contributed by atoms with van der Waals surface area (Å²) >= 11 is 0. The van der Waals surface area contributed by atoms with E-state index in [2.05, 4.69) is 0 Å². The van der Waals surface area contributed by atoms with Crippen molar-refractivity contribution in [2.24, 2.45) is 10.8 Å². The summed E-state index contributed by atoms with van der Waals surface area (Å²) in [4.78, 5) is 61.4. The van der Waals surface area contributed by atoms with Gasteiger partial charge in [-0.3, -0.25) is 0 Å². The lowest BCUT2D eigenvalue weighted by molar-refractivity contribution is -0.133. The molecule has 36 heteroatoms. The minimum Gasteiger partial charge on any atom is -0.508 e. The molecule has 106 heavy (non-hydrogen) atoms. The molecule has 0 spiro atoms. The lowest BCUT2D eigenvalue weighted by Crippen LogP contribution is -2.37. The summed E-state index contributed by atoms with van der Waals surface area (Å²) in [6.07, 6.45) is -7.19. The Morgan fingerprint density at radius 1 is 0.292 bits per heavy atom. The maximum absolute atomic E-state index is 12.5. The summed E-state index contributed by atoms with van der Waals surface area (Å²) in [7, 11) is 1.43. The average Bonchev–Trinajstić information content (AvgIpc) is 0.860. The fourth-order valence-corrected chi connectivity index (χ4v) is 8.84. The van der Waals surface area contributed by atoms with Crippen LogP contribution in [0, 0.1) is 38.5 Å². The van der Waals surface area contributed by atoms with Crippen molar-refractivity contribution in [3.63, 3.8) is 0 Å². The second kappa shape index (κ2) is 43.9. The lowest BCUT2D eigenvalue weighted by Gasteiger charge is -2.30. The van der Waals surface area contributed by atoms with Crippen LogP contribution in [0.25, 0.3) is 0 Å². The van der Waals surface area contributed by atoms with Crippen LogP contribution in [0.3, 0.4) is 0 Å². The Hall–Kier alpha value is -9.35. The number of esters is 5. The van der Waals surface area contributed by atoms with Gasteiger partial charge in [-0.15, -0.1) is 0 Å². The molecule has 5 rings (SSSR count). The number of aliphatic hydroxyl groups is 6. The van der Waals surface area contributed by atoms with Gasteiger partial charge in [-0.2, -0.15) is 0 Å². The number of carbonyl (C=O) groups excluding carboxylic acids is 5. The Balaban J connectivity index is 0.000000457. The van der Waals surface area contributed by atoms with E-state index >= 15 is 0 Å². The van der Waals surface area contributed by atoms with Gasteiger partial charge in [0.25, 0.3) is 0 Å². The first-order valence-electron chi connectivity index (χ1n) is 32.4. The summed E-state index contributed by atoms with van der Waals surface area (Å²) in [6, 6.07) is 10.8. The Labute approximate surface area is 607 Å². The number of methoxy groups -OCH3 is 1. The van der Waals surface area contributed by atoms with Crippen LogP contribution in [0.2, 0.25) is 0 Å². The molecule has 0 aromatic heterocycles. The van der Waals surface area contributed by atoms with Crippen LogP contribution in [-0.4, -0.2) is 293 Å². The van der Waals surface area contributed by atoms with Crippen LogP contribution in [0.15, 0.2) is 60.7 Å². The maximum Gasteiger partial charge on any atom is 0.338 e. The molecule has 36 nitrogen and oxygen atoms in total. The minimum absolute atomic E-state index is 0.00220. The van der Waals surface area contributed by atoms with Crippen LogP contribution in [0.4, 0.5) is 0 Å². The quantitative estimate of drug-likeness (QED) is 0.00872. The van der Waals surface area contributed by atoms with E-state index in [1.807, 2.05) is 0 Å². The number of benzene rings is 5. The molecule has 0 aliphatic rings. The fraction of sp³-hybridized carbons (Fsp3) is 0.500. The van der Waals surface area contributed by atoms with E-state index in [9.17, 15) is 111 Å². The van der Waals surface area contributed by atoms with Crippen LogP contribution < -0.4 is 0 Å². The molecular formula is C70H94O36. The molecule has 0 fully saturated rings. The van der Waals surface area contributed by atoms with Gasteiger partial charge in [0.2, 0.25) is 0 Å². The molecule has 17 N–H and O–H groups in total. The first kappa shape index (κ1) is 89.0. The first-order valence-corrected chi connectivity index (χ1v) is 32.4. The predicted octanol–water partition coefficient (Wildman–Crippen LogP) is 2.13. The zero-order valence-corrected chi connectivity index (χ0v) is 59.2. The van der Waals surface area contributed by atoms with Gasteiger partial charge in [-0.1, -0.05) is 13.8 Å². The van der Waals surface area contributed by atoms with Crippen molar-refractivity contribution in [3.8, 4) is 63.2 Å². The highest BCUT2D eigenvalue weighted by molar-refractivity contribution is 5.93. The second-order valence-electron chi connectivity index (χ2n) is 25.2. The molecule has 0 amide bonds. The zero-order valence-electron chi connectivity index (χ0n) is 59.2. The summed E-state index contributed by atoms with van der Waals surface area (Å²) in [5.41, 5.74) is -0.809. The predicted molar refractivity (Wildman–Crippen MR) is 362 cm³/mol. The smallest absolute Gasteiger partial charge is 0.338 e. The van der Waals surface area contributed by atoms with Crippen molar-refractivity contribution in [1.29, 1.82) is 0 Å². The molecule has 0 bridgehead atoms. The lowest BCUT2D eigenvalue weighted by atomic mass is 9.94. The molecule has 8 atom stereocenters. The zero-order chi connectivity index (χ0) is 79.0. The number of carbonyl (C=O) groups is 5. The highest BCUT2D eigenvalue weighted by atomic mass is 16.7. The summed E-state index contributed by atoms with van der Waals surface area (Å²) < 4.78 is 74.3. The molecule has 5 aromatic carbocycles. The highest BCUT2D eigenvalue weighted by Crippen LogP contribution is 2.37. The largest absolute Gasteiger partial charge is 0.508 e.